The Balaban J connectivity index is 2.28. The van der Waals surface area contributed by atoms with Crippen molar-refractivity contribution in [3.63, 3.8) is 0 Å². The molecule has 1 aromatic rings. The van der Waals surface area contributed by atoms with Crippen molar-refractivity contribution in [1.29, 1.82) is 0 Å². The van der Waals surface area contributed by atoms with Crippen LogP contribution in [0.15, 0.2) is 17.6 Å². The summed E-state index contributed by atoms with van der Waals surface area (Å²) in [6, 6.07) is 0.563. The van der Waals surface area contributed by atoms with Crippen LogP contribution in [0.4, 0.5) is 0 Å². The summed E-state index contributed by atoms with van der Waals surface area (Å²) < 4.78 is 0. The number of aromatic nitrogens is 2. The van der Waals surface area contributed by atoms with Crippen molar-refractivity contribution in [3.05, 3.63) is 18.0 Å². The maximum atomic E-state index is 4.23. The molecule has 1 aromatic heterocycles. The molecule has 1 heterocycles. The number of thioether (sulfide) groups is 1. The highest BCUT2D eigenvalue weighted by molar-refractivity contribution is 7.99. The van der Waals surface area contributed by atoms with Gasteiger partial charge in [-0.15, -0.1) is 0 Å². The van der Waals surface area contributed by atoms with E-state index in [0.717, 1.165) is 22.9 Å². The van der Waals surface area contributed by atoms with Crippen molar-refractivity contribution in [3.8, 4) is 0 Å². The van der Waals surface area contributed by atoms with Crippen LogP contribution < -0.4 is 5.32 Å². The van der Waals surface area contributed by atoms with Gasteiger partial charge in [-0.2, -0.15) is 0 Å². The molecule has 0 aliphatic heterocycles. The zero-order chi connectivity index (χ0) is 10.4. The normalized spacial score (nSPS) is 12.8. The molecule has 1 rings (SSSR count). The van der Waals surface area contributed by atoms with E-state index in [2.05, 4.69) is 22.2 Å². The van der Waals surface area contributed by atoms with Gasteiger partial charge in [0.2, 0.25) is 0 Å². The van der Waals surface area contributed by atoms with Crippen LogP contribution in [0.25, 0.3) is 0 Å². The molecule has 0 bridgehead atoms. The number of hydrogen-bond donors (Lipinski definition) is 1. The van der Waals surface area contributed by atoms with Gasteiger partial charge in [-0.05, 0) is 32.9 Å². The fraction of sp³-hybridized carbons (Fsp3) is 0.600. The third-order valence-corrected chi connectivity index (χ3v) is 2.94. The molecule has 0 saturated carbocycles. The second-order valence-electron chi connectivity index (χ2n) is 3.37. The summed E-state index contributed by atoms with van der Waals surface area (Å²) in [5.74, 6) is 1.06. The van der Waals surface area contributed by atoms with Crippen LogP contribution in [0.1, 0.15) is 18.9 Å². The number of rotatable bonds is 5. The summed E-state index contributed by atoms with van der Waals surface area (Å²) in [7, 11) is 1.98. The molecule has 3 nitrogen and oxygen atoms in total. The Kier molecular flexibility index (Phi) is 4.90. The van der Waals surface area contributed by atoms with Crippen LogP contribution in [0.2, 0.25) is 0 Å². The van der Waals surface area contributed by atoms with Crippen molar-refractivity contribution in [2.75, 3.05) is 12.8 Å². The highest BCUT2D eigenvalue weighted by Gasteiger charge is 2.00. The summed E-state index contributed by atoms with van der Waals surface area (Å²) in [4.78, 5) is 8.46. The van der Waals surface area contributed by atoms with Gasteiger partial charge in [-0.3, -0.25) is 0 Å². The number of nitrogens with zero attached hydrogens (tertiary/aromatic N) is 2. The Morgan fingerprint density at radius 1 is 1.43 bits per heavy atom. The van der Waals surface area contributed by atoms with E-state index in [1.807, 2.05) is 26.4 Å². The third kappa shape index (κ3) is 4.07. The lowest BCUT2D eigenvalue weighted by atomic mass is 10.3. The van der Waals surface area contributed by atoms with Gasteiger partial charge in [0.25, 0.3) is 0 Å². The van der Waals surface area contributed by atoms with Gasteiger partial charge < -0.3 is 5.32 Å². The average molecular weight is 211 g/mol. The number of nitrogens with one attached hydrogen (secondary N) is 1. The van der Waals surface area contributed by atoms with Crippen molar-refractivity contribution in [2.24, 2.45) is 0 Å². The lowest BCUT2D eigenvalue weighted by Gasteiger charge is -2.08. The Labute approximate surface area is 89.7 Å². The predicted molar refractivity (Wildman–Crippen MR) is 60.6 cm³/mol. The molecular weight excluding hydrogens is 194 g/mol. The molecule has 1 unspecified atom stereocenters. The number of aryl methyl sites for hydroxylation is 1. The maximum absolute atomic E-state index is 4.23. The Morgan fingerprint density at radius 2 is 2.07 bits per heavy atom. The fourth-order valence-corrected chi connectivity index (χ4v) is 1.84. The molecule has 0 spiro atoms. The summed E-state index contributed by atoms with van der Waals surface area (Å²) in [6.45, 7) is 4.17. The van der Waals surface area contributed by atoms with Crippen molar-refractivity contribution < 1.29 is 0 Å². The summed E-state index contributed by atoms with van der Waals surface area (Å²) in [5.41, 5.74) is 1.11. The molecule has 0 radical (unpaired) electrons. The molecule has 1 N–H and O–H groups in total. The smallest absolute Gasteiger partial charge is 0.187 e. The second kappa shape index (κ2) is 5.98. The molecule has 0 amide bonds. The maximum Gasteiger partial charge on any atom is 0.187 e. The lowest BCUT2D eigenvalue weighted by Crippen LogP contribution is -2.21. The zero-order valence-electron chi connectivity index (χ0n) is 8.95. The first kappa shape index (κ1) is 11.5. The summed E-state index contributed by atoms with van der Waals surface area (Å²) >= 11 is 1.71. The van der Waals surface area contributed by atoms with Gasteiger partial charge in [0, 0.05) is 24.2 Å². The van der Waals surface area contributed by atoms with E-state index in [-0.39, 0.29) is 0 Å². The van der Waals surface area contributed by atoms with Gasteiger partial charge in [-0.25, -0.2) is 9.97 Å². The van der Waals surface area contributed by atoms with Crippen molar-refractivity contribution in [1.82, 2.24) is 15.3 Å². The molecule has 1 atom stereocenters. The van der Waals surface area contributed by atoms with Crippen molar-refractivity contribution >= 4 is 11.8 Å². The van der Waals surface area contributed by atoms with Crippen LogP contribution >= 0.6 is 11.8 Å². The molecule has 14 heavy (non-hydrogen) atoms. The molecule has 0 fully saturated rings. The zero-order valence-corrected chi connectivity index (χ0v) is 9.77. The first-order chi connectivity index (χ1) is 6.72. The van der Waals surface area contributed by atoms with Crippen LogP contribution in [-0.4, -0.2) is 28.8 Å². The second-order valence-corrected chi connectivity index (χ2v) is 4.43. The quantitative estimate of drug-likeness (QED) is 0.596. The summed E-state index contributed by atoms with van der Waals surface area (Å²) in [5, 5.41) is 4.08. The third-order valence-electron chi connectivity index (χ3n) is 2.03. The molecule has 0 aromatic carbocycles. The lowest BCUT2D eigenvalue weighted by molar-refractivity contribution is 0.597. The van der Waals surface area contributed by atoms with Gasteiger partial charge in [0.05, 0.1) is 0 Å². The van der Waals surface area contributed by atoms with E-state index in [4.69, 9.17) is 0 Å². The van der Waals surface area contributed by atoms with E-state index in [9.17, 15) is 0 Å². The first-order valence-corrected chi connectivity index (χ1v) is 5.79. The van der Waals surface area contributed by atoms with Gasteiger partial charge >= 0.3 is 0 Å². The SMILES string of the molecule is CNC(C)CCSc1ncc(C)cn1. The van der Waals surface area contributed by atoms with Gasteiger partial charge in [0.1, 0.15) is 0 Å². The Hall–Kier alpha value is -0.610. The van der Waals surface area contributed by atoms with Crippen LogP contribution in [-0.2, 0) is 0 Å². The fourth-order valence-electron chi connectivity index (χ4n) is 0.927. The monoisotopic (exact) mass is 211 g/mol. The molecule has 0 aliphatic carbocycles. The van der Waals surface area contributed by atoms with Crippen LogP contribution in [0.3, 0.4) is 0 Å². The van der Waals surface area contributed by atoms with E-state index in [1.165, 1.54) is 0 Å². The summed E-state index contributed by atoms with van der Waals surface area (Å²) in [6.07, 6.45) is 4.85. The molecule has 4 heteroatoms. The van der Waals surface area contributed by atoms with E-state index >= 15 is 0 Å². The first-order valence-electron chi connectivity index (χ1n) is 4.81. The number of hydrogen-bond acceptors (Lipinski definition) is 4. The molecule has 78 valence electrons. The van der Waals surface area contributed by atoms with Crippen LogP contribution in [0, 0.1) is 6.92 Å². The van der Waals surface area contributed by atoms with E-state index in [1.54, 1.807) is 11.8 Å². The minimum Gasteiger partial charge on any atom is -0.317 e. The van der Waals surface area contributed by atoms with Gasteiger partial charge in [0.15, 0.2) is 5.16 Å². The minimum absolute atomic E-state index is 0.563. The standard InChI is InChI=1S/C10H17N3S/c1-8-6-12-10(13-7-8)14-5-4-9(2)11-3/h6-7,9,11H,4-5H2,1-3H3. The van der Waals surface area contributed by atoms with E-state index < -0.39 is 0 Å². The highest BCUT2D eigenvalue weighted by Crippen LogP contribution is 2.13. The van der Waals surface area contributed by atoms with Crippen molar-refractivity contribution in [2.45, 2.75) is 31.5 Å². The van der Waals surface area contributed by atoms with Gasteiger partial charge in [-0.1, -0.05) is 11.8 Å². The molecule has 0 aliphatic rings. The molecule has 0 saturated heterocycles. The largest absolute Gasteiger partial charge is 0.317 e. The van der Waals surface area contributed by atoms with E-state index in [0.29, 0.717) is 6.04 Å². The highest BCUT2D eigenvalue weighted by atomic mass is 32.2. The minimum atomic E-state index is 0.563. The average Bonchev–Trinajstić information content (AvgIpc) is 2.21. The Bertz CT molecular complexity index is 261. The molecular formula is C10H17N3S. The topological polar surface area (TPSA) is 37.8 Å². The predicted octanol–water partition coefficient (Wildman–Crippen LogP) is 1.88. The van der Waals surface area contributed by atoms with Crippen LogP contribution in [0.5, 0.6) is 0 Å². The Morgan fingerprint density at radius 3 is 2.64 bits per heavy atom.